The molecule has 0 N–H and O–H groups in total. The molecule has 31 heavy (non-hydrogen) atoms. The van der Waals surface area contributed by atoms with Crippen LogP contribution in [0.3, 0.4) is 0 Å². The summed E-state index contributed by atoms with van der Waals surface area (Å²) in [5, 5.41) is 4.07. The molecule has 1 aromatic heterocycles. The highest BCUT2D eigenvalue weighted by Crippen LogP contribution is 2.28. The summed E-state index contributed by atoms with van der Waals surface area (Å²) < 4.78 is 5.32. The lowest BCUT2D eigenvalue weighted by Gasteiger charge is -2.39. The van der Waals surface area contributed by atoms with Gasteiger partial charge in [-0.25, -0.2) is 0 Å². The number of rotatable bonds is 9. The Kier molecular flexibility index (Phi) is 8.90. The van der Waals surface area contributed by atoms with E-state index >= 15 is 0 Å². The van der Waals surface area contributed by atoms with Crippen molar-refractivity contribution in [2.45, 2.75) is 97.4 Å². The Labute approximate surface area is 186 Å². The second kappa shape index (κ2) is 11.6. The van der Waals surface area contributed by atoms with Crippen LogP contribution in [0.5, 0.6) is 0 Å². The van der Waals surface area contributed by atoms with Gasteiger partial charge in [0.25, 0.3) is 0 Å². The van der Waals surface area contributed by atoms with Crippen LogP contribution in [0.15, 0.2) is 4.52 Å². The van der Waals surface area contributed by atoms with E-state index in [1.807, 2.05) is 9.80 Å². The summed E-state index contributed by atoms with van der Waals surface area (Å²) in [6.07, 6.45) is 11.5. The van der Waals surface area contributed by atoms with Crippen LogP contribution in [-0.4, -0.2) is 57.4 Å². The quantitative estimate of drug-likeness (QED) is 0.589. The zero-order valence-electron chi connectivity index (χ0n) is 19.6. The third-order valence-electron chi connectivity index (χ3n) is 6.75. The molecule has 1 aliphatic carbocycles. The molecular formula is C24H40N4O3. The van der Waals surface area contributed by atoms with E-state index in [1.54, 1.807) is 6.92 Å². The number of likely N-dealkylation sites (tertiary alicyclic amines) is 1. The first kappa shape index (κ1) is 23.7. The van der Waals surface area contributed by atoms with Crippen LogP contribution >= 0.6 is 0 Å². The second-order valence-corrected chi connectivity index (χ2v) is 9.84. The summed E-state index contributed by atoms with van der Waals surface area (Å²) in [4.78, 5) is 33.6. The molecule has 0 spiro atoms. The number of hydrogen-bond acceptors (Lipinski definition) is 5. The lowest BCUT2D eigenvalue weighted by Crippen LogP contribution is -2.51. The summed E-state index contributed by atoms with van der Waals surface area (Å²) in [6, 6.07) is 0.0758. The van der Waals surface area contributed by atoms with E-state index in [-0.39, 0.29) is 17.9 Å². The van der Waals surface area contributed by atoms with Crippen LogP contribution in [0.2, 0.25) is 0 Å². The van der Waals surface area contributed by atoms with Crippen molar-refractivity contribution in [2.75, 3.05) is 19.6 Å². The van der Waals surface area contributed by atoms with Crippen LogP contribution in [-0.2, 0) is 22.4 Å². The van der Waals surface area contributed by atoms with Crippen LogP contribution in [0.4, 0.5) is 0 Å². The van der Waals surface area contributed by atoms with Crippen LogP contribution in [0, 0.1) is 11.8 Å². The molecule has 3 rings (SSSR count). The molecule has 1 saturated heterocycles. The fraction of sp³-hybridized carbons (Fsp3) is 0.833. The molecule has 1 aliphatic heterocycles. The SMILES string of the molecule is CC(=O)N(CCc1noc(CC(C)C)n1)C1CCCN(C(=O)CCC2CCCCC2)C1. The number of hydrogen-bond donors (Lipinski definition) is 0. The molecule has 1 atom stereocenters. The highest BCUT2D eigenvalue weighted by Gasteiger charge is 2.29. The molecule has 7 nitrogen and oxygen atoms in total. The van der Waals surface area contributed by atoms with E-state index in [4.69, 9.17) is 4.52 Å². The Balaban J connectivity index is 1.50. The molecule has 2 fully saturated rings. The molecule has 1 aromatic rings. The van der Waals surface area contributed by atoms with Crippen molar-refractivity contribution in [3.8, 4) is 0 Å². The second-order valence-electron chi connectivity index (χ2n) is 9.84. The third kappa shape index (κ3) is 7.32. The van der Waals surface area contributed by atoms with Crippen molar-refractivity contribution < 1.29 is 14.1 Å². The minimum atomic E-state index is 0.0485. The maximum Gasteiger partial charge on any atom is 0.226 e. The van der Waals surface area contributed by atoms with Gasteiger partial charge in [-0.2, -0.15) is 4.98 Å². The Morgan fingerprint density at radius 2 is 1.94 bits per heavy atom. The molecule has 2 amide bonds. The van der Waals surface area contributed by atoms with Gasteiger partial charge in [0.2, 0.25) is 17.7 Å². The highest BCUT2D eigenvalue weighted by molar-refractivity contribution is 5.77. The van der Waals surface area contributed by atoms with Gasteiger partial charge in [-0.15, -0.1) is 0 Å². The monoisotopic (exact) mass is 432 g/mol. The first-order chi connectivity index (χ1) is 14.9. The van der Waals surface area contributed by atoms with E-state index < -0.39 is 0 Å². The van der Waals surface area contributed by atoms with Crippen molar-refractivity contribution in [3.63, 3.8) is 0 Å². The summed E-state index contributed by atoms with van der Waals surface area (Å²) in [6.45, 7) is 7.87. The predicted octanol–water partition coefficient (Wildman–Crippen LogP) is 4.01. The third-order valence-corrected chi connectivity index (χ3v) is 6.75. The molecule has 0 radical (unpaired) electrons. The van der Waals surface area contributed by atoms with Crippen LogP contribution in [0.25, 0.3) is 0 Å². The van der Waals surface area contributed by atoms with Crippen molar-refractivity contribution in [2.24, 2.45) is 11.8 Å². The Bertz CT molecular complexity index is 711. The smallest absolute Gasteiger partial charge is 0.226 e. The topological polar surface area (TPSA) is 79.5 Å². The maximum atomic E-state index is 12.8. The average molecular weight is 433 g/mol. The molecule has 0 bridgehead atoms. The maximum absolute atomic E-state index is 12.8. The standard InChI is InChI=1S/C24H40N4O3/c1-18(2)16-23-25-22(26-31-23)13-15-28(19(3)29)21-10-7-14-27(17-21)24(30)12-11-20-8-5-4-6-9-20/h18,20-21H,4-17H2,1-3H3. The number of carbonyl (C=O) groups excluding carboxylic acids is 2. The van der Waals surface area contributed by atoms with Gasteiger partial charge in [0.1, 0.15) is 0 Å². The lowest BCUT2D eigenvalue weighted by atomic mass is 9.86. The van der Waals surface area contributed by atoms with Gasteiger partial charge in [-0.1, -0.05) is 51.1 Å². The van der Waals surface area contributed by atoms with Gasteiger partial charge in [0.05, 0.1) is 0 Å². The number of amides is 2. The first-order valence-electron chi connectivity index (χ1n) is 12.3. The largest absolute Gasteiger partial charge is 0.341 e. The number of carbonyl (C=O) groups is 2. The van der Waals surface area contributed by atoms with Crippen molar-refractivity contribution in [1.29, 1.82) is 0 Å². The van der Waals surface area contributed by atoms with Crippen molar-refractivity contribution >= 4 is 11.8 Å². The van der Waals surface area contributed by atoms with Gasteiger partial charge in [0.15, 0.2) is 5.82 Å². The van der Waals surface area contributed by atoms with Crippen molar-refractivity contribution in [1.82, 2.24) is 19.9 Å². The van der Waals surface area contributed by atoms with Crippen LogP contribution in [0.1, 0.15) is 90.3 Å². The fourth-order valence-electron chi connectivity index (χ4n) is 5.04. The molecule has 174 valence electrons. The van der Waals surface area contributed by atoms with Gasteiger partial charge in [0, 0.05) is 51.9 Å². The highest BCUT2D eigenvalue weighted by atomic mass is 16.5. The average Bonchev–Trinajstić information content (AvgIpc) is 3.19. The summed E-state index contributed by atoms with van der Waals surface area (Å²) in [5.41, 5.74) is 0. The number of nitrogens with zero attached hydrogens (tertiary/aromatic N) is 4. The van der Waals surface area contributed by atoms with E-state index in [2.05, 4.69) is 24.0 Å². The normalized spacial score (nSPS) is 20.3. The molecule has 7 heteroatoms. The van der Waals surface area contributed by atoms with Gasteiger partial charge in [-0.05, 0) is 31.1 Å². The minimum absolute atomic E-state index is 0.0485. The summed E-state index contributed by atoms with van der Waals surface area (Å²) in [5.74, 6) is 2.81. The Hall–Kier alpha value is -1.92. The lowest BCUT2D eigenvalue weighted by molar-refractivity contribution is -0.138. The summed E-state index contributed by atoms with van der Waals surface area (Å²) >= 11 is 0. The zero-order chi connectivity index (χ0) is 22.2. The Morgan fingerprint density at radius 3 is 2.65 bits per heavy atom. The zero-order valence-corrected chi connectivity index (χ0v) is 19.6. The molecular weight excluding hydrogens is 392 g/mol. The molecule has 2 aliphatic rings. The van der Waals surface area contributed by atoms with Gasteiger partial charge in [-0.3, -0.25) is 9.59 Å². The van der Waals surface area contributed by atoms with Gasteiger partial charge >= 0.3 is 0 Å². The van der Waals surface area contributed by atoms with E-state index in [1.165, 1.54) is 32.1 Å². The van der Waals surface area contributed by atoms with Crippen molar-refractivity contribution in [3.05, 3.63) is 11.7 Å². The fourth-order valence-corrected chi connectivity index (χ4v) is 5.04. The first-order valence-corrected chi connectivity index (χ1v) is 12.3. The minimum Gasteiger partial charge on any atom is -0.341 e. The molecule has 1 saturated carbocycles. The summed E-state index contributed by atoms with van der Waals surface area (Å²) in [7, 11) is 0. The molecule has 1 unspecified atom stereocenters. The van der Waals surface area contributed by atoms with E-state index in [9.17, 15) is 9.59 Å². The molecule has 2 heterocycles. The molecule has 0 aromatic carbocycles. The van der Waals surface area contributed by atoms with E-state index in [0.29, 0.717) is 43.6 Å². The number of aromatic nitrogens is 2. The predicted molar refractivity (Wildman–Crippen MR) is 119 cm³/mol. The number of piperidine rings is 1. The van der Waals surface area contributed by atoms with Crippen LogP contribution < -0.4 is 0 Å². The Morgan fingerprint density at radius 1 is 1.16 bits per heavy atom. The van der Waals surface area contributed by atoms with Gasteiger partial charge < -0.3 is 14.3 Å². The van der Waals surface area contributed by atoms with E-state index in [0.717, 1.165) is 38.1 Å².